The summed E-state index contributed by atoms with van der Waals surface area (Å²) in [7, 11) is 0. The number of hydrogen-bond donors (Lipinski definition) is 2. The van der Waals surface area contributed by atoms with E-state index in [0.29, 0.717) is 6.54 Å². The van der Waals surface area contributed by atoms with Crippen LogP contribution in [0, 0.1) is 0 Å². The number of benzene rings is 1. The molecule has 0 saturated carbocycles. The zero-order chi connectivity index (χ0) is 16.7. The van der Waals surface area contributed by atoms with Crippen molar-refractivity contribution in [1.29, 1.82) is 0 Å². The highest BCUT2D eigenvalue weighted by Gasteiger charge is 2.49. The third-order valence-corrected chi connectivity index (χ3v) is 5.67. The van der Waals surface area contributed by atoms with Crippen LogP contribution in [-0.4, -0.2) is 58.1 Å². The lowest BCUT2D eigenvalue weighted by Crippen LogP contribution is -2.64. The summed E-state index contributed by atoms with van der Waals surface area (Å²) < 4.78 is 0. The van der Waals surface area contributed by atoms with Crippen molar-refractivity contribution >= 4 is 12.0 Å². The van der Waals surface area contributed by atoms with Gasteiger partial charge in [0.15, 0.2) is 0 Å². The van der Waals surface area contributed by atoms with Crippen molar-refractivity contribution < 1.29 is 14.7 Å². The summed E-state index contributed by atoms with van der Waals surface area (Å²) in [6, 6.07) is 9.50. The summed E-state index contributed by atoms with van der Waals surface area (Å²) >= 11 is 0. The summed E-state index contributed by atoms with van der Waals surface area (Å²) in [4.78, 5) is 28.6. The molecule has 3 fully saturated rings. The molecule has 1 aromatic carbocycles. The molecule has 2 amide bonds. The van der Waals surface area contributed by atoms with Crippen molar-refractivity contribution in [3.63, 3.8) is 0 Å². The molecule has 4 atom stereocenters. The Hall–Kier alpha value is -2.08. The minimum absolute atomic E-state index is 0.0154. The van der Waals surface area contributed by atoms with Gasteiger partial charge in [0.2, 0.25) is 0 Å². The van der Waals surface area contributed by atoms with Gasteiger partial charge in [-0.15, -0.1) is 0 Å². The Morgan fingerprint density at radius 2 is 1.92 bits per heavy atom. The van der Waals surface area contributed by atoms with E-state index in [9.17, 15) is 14.7 Å². The Balaban J connectivity index is 1.58. The molecule has 0 aliphatic carbocycles. The van der Waals surface area contributed by atoms with Gasteiger partial charge < -0.3 is 20.2 Å². The Morgan fingerprint density at radius 3 is 2.67 bits per heavy atom. The Labute approximate surface area is 141 Å². The Kier molecular flexibility index (Phi) is 3.92. The molecule has 3 saturated heterocycles. The highest BCUT2D eigenvalue weighted by atomic mass is 16.4. The van der Waals surface area contributed by atoms with Gasteiger partial charge in [-0.25, -0.2) is 4.79 Å². The minimum Gasteiger partial charge on any atom is -0.480 e. The number of fused-ring (bicyclic) bond motifs is 2. The van der Waals surface area contributed by atoms with E-state index in [1.807, 2.05) is 28.0 Å². The topological polar surface area (TPSA) is 72.9 Å². The summed E-state index contributed by atoms with van der Waals surface area (Å²) in [6.07, 6.45) is 3.62. The third kappa shape index (κ3) is 2.45. The summed E-state index contributed by atoms with van der Waals surface area (Å²) in [5.74, 6) is -0.862. The van der Waals surface area contributed by atoms with Crippen molar-refractivity contribution in [3.8, 4) is 0 Å². The number of rotatable bonds is 2. The summed E-state index contributed by atoms with van der Waals surface area (Å²) in [6.45, 7) is 1.32. The molecular weight excluding hydrogens is 306 g/mol. The van der Waals surface area contributed by atoms with E-state index >= 15 is 0 Å². The zero-order valence-electron chi connectivity index (χ0n) is 13.6. The number of urea groups is 1. The molecular formula is C18H23N3O3. The van der Waals surface area contributed by atoms with Crippen LogP contribution in [0.15, 0.2) is 30.3 Å². The first-order chi connectivity index (χ1) is 11.7. The monoisotopic (exact) mass is 329 g/mol. The largest absolute Gasteiger partial charge is 0.480 e. The maximum absolute atomic E-state index is 13.2. The number of carboxylic acid groups (broad SMARTS) is 1. The van der Waals surface area contributed by atoms with Crippen LogP contribution in [0.25, 0.3) is 0 Å². The average Bonchev–Trinajstić information content (AvgIpc) is 3.19. The van der Waals surface area contributed by atoms with E-state index in [1.54, 1.807) is 0 Å². The van der Waals surface area contributed by atoms with Gasteiger partial charge in [0.25, 0.3) is 0 Å². The van der Waals surface area contributed by atoms with E-state index in [1.165, 1.54) is 5.56 Å². The number of nitrogens with one attached hydrogen (secondary N) is 1. The number of nitrogens with zero attached hydrogens (tertiary/aromatic N) is 2. The van der Waals surface area contributed by atoms with E-state index in [-0.39, 0.29) is 24.2 Å². The smallest absolute Gasteiger partial charge is 0.322 e. The van der Waals surface area contributed by atoms with Gasteiger partial charge in [0.1, 0.15) is 6.04 Å². The number of aliphatic carboxylic acids is 1. The lowest BCUT2D eigenvalue weighted by atomic mass is 10.0. The molecule has 3 aliphatic heterocycles. The quantitative estimate of drug-likeness (QED) is 0.868. The zero-order valence-corrected chi connectivity index (χ0v) is 13.6. The highest BCUT2D eigenvalue weighted by Crippen LogP contribution is 2.37. The standard InChI is InChI=1S/C18H23N3O3/c22-17(23)16-15-9-8-13(11-19-16)21(15)18(24)20-10-4-7-14(20)12-5-2-1-3-6-12/h1-3,5-6,13-16,19H,4,7-11H2,(H,22,23)/t13?,14-,15?,16?/m1/s1. The van der Waals surface area contributed by atoms with Crippen molar-refractivity contribution in [1.82, 2.24) is 15.1 Å². The molecule has 128 valence electrons. The number of carboxylic acids is 1. The fourth-order valence-electron chi connectivity index (χ4n) is 4.55. The molecule has 3 aliphatic rings. The van der Waals surface area contributed by atoms with Crippen LogP contribution in [-0.2, 0) is 4.79 Å². The molecule has 2 bridgehead atoms. The fraction of sp³-hybridized carbons (Fsp3) is 0.556. The molecule has 4 rings (SSSR count). The van der Waals surface area contributed by atoms with Gasteiger partial charge in [-0.2, -0.15) is 0 Å². The summed E-state index contributed by atoms with van der Waals surface area (Å²) in [5.41, 5.74) is 1.17. The van der Waals surface area contributed by atoms with Crippen LogP contribution in [0.2, 0.25) is 0 Å². The Bertz CT molecular complexity index is 636. The summed E-state index contributed by atoms with van der Waals surface area (Å²) in [5, 5.41) is 12.5. The predicted octanol–water partition coefficient (Wildman–Crippen LogP) is 1.83. The van der Waals surface area contributed by atoms with Gasteiger partial charge in [0.05, 0.1) is 12.1 Å². The minimum atomic E-state index is -0.862. The van der Waals surface area contributed by atoms with E-state index in [2.05, 4.69) is 17.4 Å². The molecule has 6 heteroatoms. The predicted molar refractivity (Wildman–Crippen MR) is 88.6 cm³/mol. The van der Waals surface area contributed by atoms with Crippen molar-refractivity contribution in [3.05, 3.63) is 35.9 Å². The van der Waals surface area contributed by atoms with E-state index in [0.717, 1.165) is 32.2 Å². The number of amides is 2. The molecule has 0 aromatic heterocycles. The molecule has 0 radical (unpaired) electrons. The van der Waals surface area contributed by atoms with Crippen LogP contribution >= 0.6 is 0 Å². The molecule has 24 heavy (non-hydrogen) atoms. The van der Waals surface area contributed by atoms with Crippen LogP contribution in [0.4, 0.5) is 4.79 Å². The normalized spacial score (nSPS) is 32.2. The lowest BCUT2D eigenvalue weighted by molar-refractivity contribution is -0.141. The van der Waals surface area contributed by atoms with Crippen molar-refractivity contribution in [2.24, 2.45) is 0 Å². The van der Waals surface area contributed by atoms with Crippen molar-refractivity contribution in [2.75, 3.05) is 13.1 Å². The second kappa shape index (κ2) is 6.09. The number of carbonyl (C=O) groups is 2. The lowest BCUT2D eigenvalue weighted by Gasteiger charge is -2.42. The number of piperazine rings is 1. The van der Waals surface area contributed by atoms with Gasteiger partial charge >= 0.3 is 12.0 Å². The SMILES string of the molecule is O=C(O)C1NCC2CCC1N2C(=O)N1CCC[C@@H]1c1ccccc1. The maximum atomic E-state index is 13.2. The second-order valence-electron chi connectivity index (χ2n) is 6.97. The van der Waals surface area contributed by atoms with Gasteiger partial charge in [-0.05, 0) is 31.2 Å². The number of hydrogen-bond acceptors (Lipinski definition) is 3. The van der Waals surface area contributed by atoms with Gasteiger partial charge in [-0.1, -0.05) is 30.3 Å². The highest BCUT2D eigenvalue weighted by molar-refractivity contribution is 5.80. The molecule has 3 unspecified atom stereocenters. The average molecular weight is 329 g/mol. The third-order valence-electron chi connectivity index (χ3n) is 5.67. The van der Waals surface area contributed by atoms with E-state index in [4.69, 9.17) is 0 Å². The molecule has 6 nitrogen and oxygen atoms in total. The molecule has 0 spiro atoms. The first kappa shape index (κ1) is 15.4. The number of carbonyl (C=O) groups excluding carboxylic acids is 1. The Morgan fingerprint density at radius 1 is 1.12 bits per heavy atom. The van der Waals surface area contributed by atoms with Crippen LogP contribution in [0.3, 0.4) is 0 Å². The fourth-order valence-corrected chi connectivity index (χ4v) is 4.55. The van der Waals surface area contributed by atoms with E-state index < -0.39 is 12.0 Å². The molecule has 2 N–H and O–H groups in total. The van der Waals surface area contributed by atoms with Crippen LogP contribution < -0.4 is 5.32 Å². The first-order valence-corrected chi connectivity index (χ1v) is 8.77. The van der Waals surface area contributed by atoms with Crippen LogP contribution in [0.1, 0.15) is 37.3 Å². The second-order valence-corrected chi connectivity index (χ2v) is 6.97. The van der Waals surface area contributed by atoms with Gasteiger partial charge in [-0.3, -0.25) is 4.79 Å². The van der Waals surface area contributed by atoms with Crippen LogP contribution in [0.5, 0.6) is 0 Å². The number of likely N-dealkylation sites (tertiary alicyclic amines) is 1. The van der Waals surface area contributed by atoms with Gasteiger partial charge in [0, 0.05) is 19.1 Å². The first-order valence-electron chi connectivity index (χ1n) is 8.77. The maximum Gasteiger partial charge on any atom is 0.322 e. The van der Waals surface area contributed by atoms with Crippen molar-refractivity contribution in [2.45, 2.75) is 49.9 Å². The molecule has 1 aromatic rings. The molecule has 3 heterocycles.